The lowest BCUT2D eigenvalue weighted by Gasteiger charge is -2.29. The molecule has 2 heterocycles. The van der Waals surface area contributed by atoms with Gasteiger partial charge in [0.15, 0.2) is 0 Å². The molecule has 1 amide bonds. The summed E-state index contributed by atoms with van der Waals surface area (Å²) in [4.78, 5) is 20.9. The van der Waals surface area contributed by atoms with Crippen LogP contribution in [-0.4, -0.2) is 45.9 Å². The molecule has 0 saturated carbocycles. The molecule has 5 nitrogen and oxygen atoms in total. The lowest BCUT2D eigenvalue weighted by atomic mass is 10.2. The molecule has 1 aliphatic rings. The second-order valence-electron chi connectivity index (χ2n) is 4.81. The molecular formula is C12H20N4O. The van der Waals surface area contributed by atoms with Crippen molar-refractivity contribution in [3.05, 3.63) is 18.2 Å². The number of imidazole rings is 1. The minimum atomic E-state index is 0.0335. The van der Waals surface area contributed by atoms with Crippen molar-refractivity contribution in [2.45, 2.75) is 38.8 Å². The van der Waals surface area contributed by atoms with Crippen LogP contribution in [0.3, 0.4) is 0 Å². The van der Waals surface area contributed by atoms with E-state index >= 15 is 0 Å². The molecule has 1 aromatic heterocycles. The van der Waals surface area contributed by atoms with Gasteiger partial charge in [-0.2, -0.15) is 0 Å². The van der Waals surface area contributed by atoms with Gasteiger partial charge in [-0.1, -0.05) is 0 Å². The molecule has 1 unspecified atom stereocenters. The summed E-state index contributed by atoms with van der Waals surface area (Å²) in [6.07, 6.45) is 5.48. The molecule has 1 aromatic rings. The average Bonchev–Trinajstić information content (AvgIpc) is 2.97. The van der Waals surface area contributed by atoms with E-state index in [1.807, 2.05) is 18.7 Å². The van der Waals surface area contributed by atoms with Gasteiger partial charge in [-0.15, -0.1) is 0 Å². The number of nitrogens with zero attached hydrogens (tertiary/aromatic N) is 2. The number of aromatic amines is 1. The number of nitrogens with one attached hydrogen (secondary N) is 2. The monoisotopic (exact) mass is 236 g/mol. The summed E-state index contributed by atoms with van der Waals surface area (Å²) >= 11 is 0. The Morgan fingerprint density at radius 1 is 1.65 bits per heavy atom. The predicted octanol–water partition coefficient (Wildman–Crippen LogP) is 1.01. The molecule has 0 spiro atoms. The van der Waals surface area contributed by atoms with Gasteiger partial charge in [-0.05, 0) is 33.2 Å². The summed E-state index contributed by atoms with van der Waals surface area (Å²) in [5, 5.41) is 3.42. The van der Waals surface area contributed by atoms with Crippen molar-refractivity contribution in [3.8, 4) is 0 Å². The lowest BCUT2D eigenvalue weighted by molar-refractivity contribution is 0.0683. The van der Waals surface area contributed by atoms with Crippen molar-refractivity contribution in [2.75, 3.05) is 13.1 Å². The first-order valence-corrected chi connectivity index (χ1v) is 6.21. The Bertz CT molecular complexity index is 355. The highest BCUT2D eigenvalue weighted by Crippen LogP contribution is 2.12. The zero-order valence-corrected chi connectivity index (χ0v) is 10.4. The van der Waals surface area contributed by atoms with Gasteiger partial charge in [0.25, 0.3) is 5.91 Å². The molecule has 0 aromatic carbocycles. The Labute approximate surface area is 102 Å². The van der Waals surface area contributed by atoms with Crippen molar-refractivity contribution < 1.29 is 4.79 Å². The molecule has 1 atom stereocenters. The highest BCUT2D eigenvalue weighted by Gasteiger charge is 2.24. The Morgan fingerprint density at radius 3 is 3.00 bits per heavy atom. The van der Waals surface area contributed by atoms with Crippen LogP contribution in [0.1, 0.15) is 37.2 Å². The second-order valence-corrected chi connectivity index (χ2v) is 4.81. The molecule has 2 rings (SSSR count). The van der Waals surface area contributed by atoms with E-state index in [1.165, 1.54) is 6.42 Å². The maximum Gasteiger partial charge on any atom is 0.272 e. The number of amides is 1. The molecule has 0 aliphatic carbocycles. The third-order valence-electron chi connectivity index (χ3n) is 3.19. The van der Waals surface area contributed by atoms with Gasteiger partial charge in [-0.25, -0.2) is 4.98 Å². The average molecular weight is 236 g/mol. The van der Waals surface area contributed by atoms with Crippen LogP contribution in [0.4, 0.5) is 0 Å². The minimum absolute atomic E-state index is 0.0335. The number of carbonyl (C=O) groups excluding carboxylic acids is 1. The van der Waals surface area contributed by atoms with Crippen molar-refractivity contribution in [1.29, 1.82) is 0 Å². The molecule has 94 valence electrons. The topological polar surface area (TPSA) is 61.0 Å². The van der Waals surface area contributed by atoms with Gasteiger partial charge in [0, 0.05) is 18.6 Å². The van der Waals surface area contributed by atoms with Crippen LogP contribution in [0.25, 0.3) is 0 Å². The van der Waals surface area contributed by atoms with Gasteiger partial charge < -0.3 is 15.2 Å². The first-order valence-electron chi connectivity index (χ1n) is 6.21. The Hall–Kier alpha value is -1.36. The summed E-state index contributed by atoms with van der Waals surface area (Å²) in [7, 11) is 0. The summed E-state index contributed by atoms with van der Waals surface area (Å²) in [6, 6.07) is 0.637. The highest BCUT2D eigenvalue weighted by molar-refractivity contribution is 5.92. The van der Waals surface area contributed by atoms with Crippen LogP contribution in [0.15, 0.2) is 12.5 Å². The number of H-pyrrole nitrogens is 1. The van der Waals surface area contributed by atoms with E-state index < -0.39 is 0 Å². The van der Waals surface area contributed by atoms with Crippen molar-refractivity contribution >= 4 is 5.91 Å². The van der Waals surface area contributed by atoms with Gasteiger partial charge in [0.1, 0.15) is 5.69 Å². The zero-order chi connectivity index (χ0) is 12.3. The molecule has 2 N–H and O–H groups in total. The van der Waals surface area contributed by atoms with Crippen LogP contribution in [0.2, 0.25) is 0 Å². The summed E-state index contributed by atoms with van der Waals surface area (Å²) in [6.45, 7) is 5.93. The Kier molecular flexibility index (Phi) is 3.78. The van der Waals surface area contributed by atoms with Crippen LogP contribution in [0.5, 0.6) is 0 Å². The summed E-state index contributed by atoms with van der Waals surface area (Å²) in [5.41, 5.74) is 0.566. The molecule has 1 aliphatic heterocycles. The van der Waals surface area contributed by atoms with Crippen LogP contribution < -0.4 is 5.32 Å². The van der Waals surface area contributed by atoms with Crippen LogP contribution >= 0.6 is 0 Å². The third kappa shape index (κ3) is 2.85. The SMILES string of the molecule is CC(C)N(CC1CCCN1)C(=O)c1cnc[nH]1. The van der Waals surface area contributed by atoms with Gasteiger partial charge in [0.05, 0.1) is 12.5 Å². The number of aromatic nitrogens is 2. The van der Waals surface area contributed by atoms with Gasteiger partial charge in [-0.3, -0.25) is 4.79 Å². The smallest absolute Gasteiger partial charge is 0.272 e. The normalized spacial score (nSPS) is 19.8. The highest BCUT2D eigenvalue weighted by atomic mass is 16.2. The lowest BCUT2D eigenvalue weighted by Crippen LogP contribution is -2.44. The maximum absolute atomic E-state index is 12.3. The van der Waals surface area contributed by atoms with Crippen molar-refractivity contribution in [1.82, 2.24) is 20.2 Å². The van der Waals surface area contributed by atoms with E-state index in [4.69, 9.17) is 0 Å². The summed E-state index contributed by atoms with van der Waals surface area (Å²) in [5.74, 6) is 0.0335. The van der Waals surface area contributed by atoms with Crippen LogP contribution in [-0.2, 0) is 0 Å². The Balaban J connectivity index is 2.03. The van der Waals surface area contributed by atoms with E-state index in [0.29, 0.717) is 11.7 Å². The summed E-state index contributed by atoms with van der Waals surface area (Å²) < 4.78 is 0. The number of carbonyl (C=O) groups is 1. The third-order valence-corrected chi connectivity index (χ3v) is 3.19. The number of hydrogen-bond donors (Lipinski definition) is 2. The molecule has 0 bridgehead atoms. The fraction of sp³-hybridized carbons (Fsp3) is 0.667. The molecule has 0 radical (unpaired) electrons. The molecule has 5 heteroatoms. The Morgan fingerprint density at radius 2 is 2.47 bits per heavy atom. The molecular weight excluding hydrogens is 216 g/mol. The predicted molar refractivity (Wildman–Crippen MR) is 65.8 cm³/mol. The second kappa shape index (κ2) is 5.31. The molecule has 1 saturated heterocycles. The van der Waals surface area contributed by atoms with Gasteiger partial charge >= 0.3 is 0 Å². The first-order chi connectivity index (χ1) is 8.18. The van der Waals surface area contributed by atoms with E-state index in [9.17, 15) is 4.79 Å². The van der Waals surface area contributed by atoms with E-state index in [-0.39, 0.29) is 11.9 Å². The van der Waals surface area contributed by atoms with Crippen molar-refractivity contribution in [3.63, 3.8) is 0 Å². The van der Waals surface area contributed by atoms with Crippen molar-refractivity contribution in [2.24, 2.45) is 0 Å². The van der Waals surface area contributed by atoms with E-state index in [0.717, 1.165) is 19.5 Å². The maximum atomic E-state index is 12.3. The number of hydrogen-bond acceptors (Lipinski definition) is 3. The molecule has 1 fully saturated rings. The van der Waals surface area contributed by atoms with E-state index in [2.05, 4.69) is 15.3 Å². The quantitative estimate of drug-likeness (QED) is 0.820. The fourth-order valence-electron chi connectivity index (χ4n) is 2.21. The standard InChI is InChI=1S/C12H20N4O/c1-9(2)16(7-10-4-3-5-14-10)12(17)11-6-13-8-15-11/h6,8-10,14H,3-5,7H2,1-2H3,(H,13,15). The number of rotatable bonds is 4. The fourth-order valence-corrected chi connectivity index (χ4v) is 2.21. The largest absolute Gasteiger partial charge is 0.341 e. The van der Waals surface area contributed by atoms with Crippen LogP contribution in [0, 0.1) is 0 Å². The van der Waals surface area contributed by atoms with E-state index in [1.54, 1.807) is 12.5 Å². The first kappa shape index (κ1) is 12.1. The van der Waals surface area contributed by atoms with Gasteiger partial charge in [0.2, 0.25) is 0 Å². The molecule has 17 heavy (non-hydrogen) atoms. The minimum Gasteiger partial charge on any atom is -0.341 e. The zero-order valence-electron chi connectivity index (χ0n) is 10.4.